The Labute approximate surface area is 174 Å². The van der Waals surface area contributed by atoms with Crippen LogP contribution in [0.15, 0.2) is 42.5 Å². The second-order valence-corrected chi connectivity index (χ2v) is 6.90. The van der Waals surface area contributed by atoms with Crippen LogP contribution in [0.4, 0.5) is 8.78 Å². The first-order valence-corrected chi connectivity index (χ1v) is 9.61. The van der Waals surface area contributed by atoms with Crippen molar-refractivity contribution in [1.82, 2.24) is 10.2 Å². The lowest BCUT2D eigenvalue weighted by atomic mass is 10.1. The summed E-state index contributed by atoms with van der Waals surface area (Å²) in [6.45, 7) is 1.71. The second-order valence-electron chi connectivity index (χ2n) is 6.49. The molecule has 0 aliphatic carbocycles. The van der Waals surface area contributed by atoms with Gasteiger partial charge in [0, 0.05) is 18.1 Å². The number of halogens is 3. The van der Waals surface area contributed by atoms with Crippen LogP contribution < -0.4 is 14.8 Å². The summed E-state index contributed by atoms with van der Waals surface area (Å²) in [6.07, 6.45) is 0. The minimum Gasteiger partial charge on any atom is -0.490 e. The summed E-state index contributed by atoms with van der Waals surface area (Å²) in [6, 6.07) is 11.7. The van der Waals surface area contributed by atoms with Crippen LogP contribution in [0.1, 0.15) is 25.0 Å². The molecule has 1 N–H and O–H groups in total. The van der Waals surface area contributed by atoms with Crippen LogP contribution in [0.2, 0.25) is 5.02 Å². The van der Waals surface area contributed by atoms with Crippen LogP contribution >= 0.6 is 11.6 Å². The fraction of sp³-hybridized carbons (Fsp3) is 0.381. The number of benzene rings is 2. The number of hydrogen-bond acceptors (Lipinski definition) is 4. The molecule has 158 valence electrons. The molecule has 29 heavy (non-hydrogen) atoms. The Kier molecular flexibility index (Phi) is 8.67. The molecule has 8 heteroatoms. The van der Waals surface area contributed by atoms with Gasteiger partial charge in [-0.15, -0.1) is 0 Å². The van der Waals surface area contributed by atoms with E-state index in [0.29, 0.717) is 24.7 Å². The van der Waals surface area contributed by atoms with Gasteiger partial charge in [0.15, 0.2) is 11.5 Å². The van der Waals surface area contributed by atoms with Crippen LogP contribution in [-0.2, 0) is 17.9 Å². The first-order valence-electron chi connectivity index (χ1n) is 9.23. The average Bonchev–Trinajstić information content (AvgIpc) is 2.68. The minimum atomic E-state index is -2.93. The Hall–Kier alpha value is -2.38. The first-order chi connectivity index (χ1) is 13.8. The van der Waals surface area contributed by atoms with Crippen molar-refractivity contribution in [2.24, 2.45) is 0 Å². The summed E-state index contributed by atoms with van der Waals surface area (Å²) >= 11 is 6.11. The lowest BCUT2D eigenvalue weighted by Crippen LogP contribution is -2.42. The van der Waals surface area contributed by atoms with E-state index in [2.05, 4.69) is 10.1 Å². The number of amides is 1. The number of alkyl halides is 2. The first kappa shape index (κ1) is 22.9. The van der Waals surface area contributed by atoms with Crippen molar-refractivity contribution in [1.29, 1.82) is 0 Å². The van der Waals surface area contributed by atoms with Gasteiger partial charge in [-0.1, -0.05) is 35.9 Å². The van der Waals surface area contributed by atoms with Crippen molar-refractivity contribution in [2.45, 2.75) is 39.6 Å². The van der Waals surface area contributed by atoms with E-state index in [1.54, 1.807) is 32.0 Å². The maximum atomic E-state index is 12.5. The van der Waals surface area contributed by atoms with Gasteiger partial charge in [-0.25, -0.2) is 0 Å². The molecule has 0 aromatic heterocycles. The summed E-state index contributed by atoms with van der Waals surface area (Å²) in [5.74, 6) is 0.0865. The molecule has 1 atom stereocenters. The molecule has 0 radical (unpaired) electrons. The predicted octanol–water partition coefficient (Wildman–Crippen LogP) is 4.48. The topological polar surface area (TPSA) is 50.8 Å². The SMILES string of the molecule is CCOc1cc(CN(C)C(C)C(=O)NCc2ccccc2Cl)ccc1OC(F)F. The van der Waals surface area contributed by atoms with Gasteiger partial charge < -0.3 is 14.8 Å². The van der Waals surface area contributed by atoms with E-state index in [0.717, 1.165) is 11.1 Å². The van der Waals surface area contributed by atoms with E-state index in [1.165, 1.54) is 6.07 Å². The van der Waals surface area contributed by atoms with Crippen LogP contribution in [0.3, 0.4) is 0 Å². The fourth-order valence-corrected chi connectivity index (χ4v) is 2.91. The number of likely N-dealkylation sites (N-methyl/N-ethyl adjacent to an activating group) is 1. The van der Waals surface area contributed by atoms with Crippen molar-refractivity contribution < 1.29 is 23.0 Å². The smallest absolute Gasteiger partial charge is 0.387 e. The Morgan fingerprint density at radius 1 is 1.21 bits per heavy atom. The van der Waals surface area contributed by atoms with Crippen LogP contribution in [0.25, 0.3) is 0 Å². The molecule has 0 aliphatic heterocycles. The van der Waals surface area contributed by atoms with E-state index in [9.17, 15) is 13.6 Å². The van der Waals surface area contributed by atoms with E-state index < -0.39 is 12.7 Å². The number of nitrogens with one attached hydrogen (secondary N) is 1. The van der Waals surface area contributed by atoms with E-state index in [1.807, 2.05) is 30.1 Å². The highest BCUT2D eigenvalue weighted by molar-refractivity contribution is 6.31. The van der Waals surface area contributed by atoms with Gasteiger partial charge in [-0.05, 0) is 50.2 Å². The van der Waals surface area contributed by atoms with Gasteiger partial charge in [0.2, 0.25) is 5.91 Å². The third-order valence-corrected chi connectivity index (χ3v) is 4.78. The summed E-state index contributed by atoms with van der Waals surface area (Å²) in [5.41, 5.74) is 1.65. The Morgan fingerprint density at radius 2 is 1.93 bits per heavy atom. The maximum Gasteiger partial charge on any atom is 0.387 e. The number of carbonyl (C=O) groups is 1. The molecule has 0 saturated carbocycles. The largest absolute Gasteiger partial charge is 0.490 e. The van der Waals surface area contributed by atoms with Gasteiger partial charge in [0.25, 0.3) is 0 Å². The minimum absolute atomic E-state index is 0.0150. The summed E-state index contributed by atoms with van der Waals surface area (Å²) in [5, 5.41) is 3.48. The monoisotopic (exact) mass is 426 g/mol. The molecule has 0 bridgehead atoms. The van der Waals surface area contributed by atoms with Gasteiger partial charge in [-0.2, -0.15) is 8.78 Å². The predicted molar refractivity (Wildman–Crippen MR) is 108 cm³/mol. The molecule has 0 heterocycles. The highest BCUT2D eigenvalue weighted by atomic mass is 35.5. The number of ether oxygens (including phenoxy) is 2. The Balaban J connectivity index is 1.98. The molecular formula is C21H25ClF2N2O3. The zero-order valence-electron chi connectivity index (χ0n) is 16.6. The van der Waals surface area contributed by atoms with Crippen LogP contribution in [0.5, 0.6) is 11.5 Å². The fourth-order valence-electron chi connectivity index (χ4n) is 2.71. The standard InChI is InChI=1S/C21H25ClF2N2O3/c1-4-28-19-11-15(9-10-18(19)29-21(23)24)13-26(3)14(2)20(27)25-12-16-7-5-6-8-17(16)22/h5-11,14,21H,4,12-13H2,1-3H3,(H,25,27). The summed E-state index contributed by atoms with van der Waals surface area (Å²) < 4.78 is 34.9. The van der Waals surface area contributed by atoms with Crippen LogP contribution in [0, 0.1) is 0 Å². The normalized spacial score (nSPS) is 12.1. The number of hydrogen-bond donors (Lipinski definition) is 1. The molecule has 1 amide bonds. The Morgan fingerprint density at radius 3 is 2.59 bits per heavy atom. The van der Waals surface area contributed by atoms with E-state index >= 15 is 0 Å². The van der Waals surface area contributed by atoms with Crippen molar-refractivity contribution in [3.8, 4) is 11.5 Å². The zero-order chi connectivity index (χ0) is 21.4. The molecule has 0 saturated heterocycles. The maximum absolute atomic E-state index is 12.5. The molecule has 1 unspecified atom stereocenters. The lowest BCUT2D eigenvalue weighted by Gasteiger charge is -2.24. The van der Waals surface area contributed by atoms with Crippen molar-refractivity contribution in [3.05, 3.63) is 58.6 Å². The highest BCUT2D eigenvalue weighted by Gasteiger charge is 2.19. The molecule has 2 rings (SSSR count). The zero-order valence-corrected chi connectivity index (χ0v) is 17.4. The second kappa shape index (κ2) is 11.0. The van der Waals surface area contributed by atoms with Gasteiger partial charge in [-0.3, -0.25) is 9.69 Å². The summed E-state index contributed by atoms with van der Waals surface area (Å²) in [7, 11) is 1.81. The molecule has 0 aliphatic rings. The Bertz CT molecular complexity index is 820. The van der Waals surface area contributed by atoms with Crippen molar-refractivity contribution in [3.63, 3.8) is 0 Å². The number of rotatable bonds is 10. The third-order valence-electron chi connectivity index (χ3n) is 4.41. The van der Waals surface area contributed by atoms with E-state index in [4.69, 9.17) is 16.3 Å². The summed E-state index contributed by atoms with van der Waals surface area (Å²) in [4.78, 5) is 14.3. The molecule has 2 aromatic carbocycles. The van der Waals surface area contributed by atoms with Gasteiger partial charge in [0.05, 0.1) is 12.6 Å². The molecule has 2 aromatic rings. The third kappa shape index (κ3) is 6.87. The molecule has 5 nitrogen and oxygen atoms in total. The number of nitrogens with zero attached hydrogens (tertiary/aromatic N) is 1. The molecule has 0 spiro atoms. The number of carbonyl (C=O) groups excluding carboxylic acids is 1. The van der Waals surface area contributed by atoms with Crippen LogP contribution in [-0.4, -0.2) is 37.1 Å². The lowest BCUT2D eigenvalue weighted by molar-refractivity contribution is -0.125. The molecule has 0 fully saturated rings. The van der Waals surface area contributed by atoms with Crippen molar-refractivity contribution >= 4 is 17.5 Å². The average molecular weight is 427 g/mol. The molecular weight excluding hydrogens is 402 g/mol. The quantitative estimate of drug-likeness (QED) is 0.608. The van der Waals surface area contributed by atoms with Gasteiger partial charge >= 0.3 is 6.61 Å². The highest BCUT2D eigenvalue weighted by Crippen LogP contribution is 2.30. The van der Waals surface area contributed by atoms with Gasteiger partial charge in [0.1, 0.15) is 0 Å². The van der Waals surface area contributed by atoms with Crippen molar-refractivity contribution in [2.75, 3.05) is 13.7 Å². The van der Waals surface area contributed by atoms with E-state index in [-0.39, 0.29) is 17.4 Å².